The van der Waals surface area contributed by atoms with Gasteiger partial charge in [0.2, 0.25) is 0 Å². The van der Waals surface area contributed by atoms with Gasteiger partial charge in [0.25, 0.3) is 0 Å². The topological polar surface area (TPSA) is 40.5 Å². The fraction of sp³-hybridized carbons (Fsp3) is 0.700. The highest BCUT2D eigenvalue weighted by atomic mass is 16.4. The molecular formula is C10H17NO2. The van der Waals surface area contributed by atoms with E-state index in [-0.39, 0.29) is 0 Å². The van der Waals surface area contributed by atoms with Gasteiger partial charge in [-0.25, -0.2) is 4.79 Å². The van der Waals surface area contributed by atoms with E-state index < -0.39 is 5.97 Å². The van der Waals surface area contributed by atoms with Gasteiger partial charge in [-0.3, -0.25) is 0 Å². The minimum absolute atomic E-state index is 0.848. The average molecular weight is 183 g/mol. The lowest BCUT2D eigenvalue weighted by Gasteiger charge is -2.25. The van der Waals surface area contributed by atoms with E-state index in [2.05, 4.69) is 4.90 Å². The lowest BCUT2D eigenvalue weighted by atomic mass is 10.1. The van der Waals surface area contributed by atoms with Crippen molar-refractivity contribution in [1.82, 2.24) is 4.90 Å². The van der Waals surface area contributed by atoms with Crippen LogP contribution in [0.2, 0.25) is 0 Å². The molecular weight excluding hydrogens is 166 g/mol. The van der Waals surface area contributed by atoms with Crippen molar-refractivity contribution in [1.29, 1.82) is 0 Å². The second-order valence-electron chi connectivity index (χ2n) is 3.43. The molecule has 1 saturated heterocycles. The van der Waals surface area contributed by atoms with Crippen LogP contribution in [0.15, 0.2) is 12.2 Å². The van der Waals surface area contributed by atoms with Crippen LogP contribution in [0.25, 0.3) is 0 Å². The minimum atomic E-state index is -0.848. The van der Waals surface area contributed by atoms with Crippen LogP contribution < -0.4 is 0 Å². The van der Waals surface area contributed by atoms with Crippen LogP contribution in [-0.2, 0) is 4.79 Å². The Morgan fingerprint density at radius 1 is 1.31 bits per heavy atom. The van der Waals surface area contributed by atoms with Gasteiger partial charge < -0.3 is 10.0 Å². The molecule has 0 bridgehead atoms. The van der Waals surface area contributed by atoms with E-state index in [1.807, 2.05) is 0 Å². The van der Waals surface area contributed by atoms with Crippen molar-refractivity contribution < 1.29 is 9.90 Å². The summed E-state index contributed by atoms with van der Waals surface area (Å²) in [4.78, 5) is 12.5. The van der Waals surface area contributed by atoms with E-state index in [1.165, 1.54) is 38.4 Å². The Labute approximate surface area is 79.0 Å². The SMILES string of the molecule is O=C(O)/C=C/CCN1CCCCC1. The Bertz CT molecular complexity index is 183. The number of carbonyl (C=O) groups is 1. The van der Waals surface area contributed by atoms with E-state index in [9.17, 15) is 4.79 Å². The molecule has 74 valence electrons. The zero-order valence-electron chi connectivity index (χ0n) is 7.91. The number of aliphatic carboxylic acids is 1. The standard InChI is InChI=1S/C10H17NO2/c12-10(13)6-2-5-9-11-7-3-1-4-8-11/h2,6H,1,3-5,7-9H2,(H,12,13)/b6-2+. The second-order valence-corrected chi connectivity index (χ2v) is 3.43. The zero-order chi connectivity index (χ0) is 9.52. The van der Waals surface area contributed by atoms with Crippen LogP contribution >= 0.6 is 0 Å². The average Bonchev–Trinajstić information content (AvgIpc) is 2.14. The number of piperidine rings is 1. The van der Waals surface area contributed by atoms with Crippen molar-refractivity contribution in [2.24, 2.45) is 0 Å². The van der Waals surface area contributed by atoms with E-state index in [0.717, 1.165) is 13.0 Å². The van der Waals surface area contributed by atoms with Crippen LogP contribution in [-0.4, -0.2) is 35.6 Å². The molecule has 0 aromatic carbocycles. The highest BCUT2D eigenvalue weighted by Gasteiger charge is 2.07. The quantitative estimate of drug-likeness (QED) is 0.671. The maximum Gasteiger partial charge on any atom is 0.327 e. The van der Waals surface area contributed by atoms with Gasteiger partial charge in [-0.1, -0.05) is 12.5 Å². The molecule has 0 atom stereocenters. The molecule has 13 heavy (non-hydrogen) atoms. The van der Waals surface area contributed by atoms with Gasteiger partial charge in [-0.2, -0.15) is 0 Å². The van der Waals surface area contributed by atoms with Gasteiger partial charge in [0.15, 0.2) is 0 Å². The zero-order valence-corrected chi connectivity index (χ0v) is 7.91. The van der Waals surface area contributed by atoms with Crippen molar-refractivity contribution in [2.45, 2.75) is 25.7 Å². The monoisotopic (exact) mass is 183 g/mol. The van der Waals surface area contributed by atoms with Crippen molar-refractivity contribution >= 4 is 5.97 Å². The molecule has 3 nitrogen and oxygen atoms in total. The van der Waals surface area contributed by atoms with Crippen molar-refractivity contribution in [3.63, 3.8) is 0 Å². The summed E-state index contributed by atoms with van der Waals surface area (Å²) in [7, 11) is 0. The third kappa shape index (κ3) is 4.68. The third-order valence-electron chi connectivity index (χ3n) is 2.32. The molecule has 3 heteroatoms. The van der Waals surface area contributed by atoms with Crippen LogP contribution in [0.5, 0.6) is 0 Å². The van der Waals surface area contributed by atoms with Gasteiger partial charge in [0, 0.05) is 12.6 Å². The van der Waals surface area contributed by atoms with Gasteiger partial charge in [0.1, 0.15) is 0 Å². The summed E-state index contributed by atoms with van der Waals surface area (Å²) in [5.74, 6) is -0.848. The number of hydrogen-bond donors (Lipinski definition) is 1. The van der Waals surface area contributed by atoms with E-state index >= 15 is 0 Å². The van der Waals surface area contributed by atoms with E-state index in [0.29, 0.717) is 0 Å². The largest absolute Gasteiger partial charge is 0.478 e. The maximum atomic E-state index is 10.1. The molecule has 1 N–H and O–H groups in total. The number of hydrogen-bond acceptors (Lipinski definition) is 2. The van der Waals surface area contributed by atoms with Gasteiger partial charge >= 0.3 is 5.97 Å². The van der Waals surface area contributed by atoms with Gasteiger partial charge in [-0.15, -0.1) is 0 Å². The minimum Gasteiger partial charge on any atom is -0.478 e. The number of nitrogens with zero attached hydrogens (tertiary/aromatic N) is 1. The predicted molar refractivity (Wildman–Crippen MR) is 51.7 cm³/mol. The molecule has 1 heterocycles. The van der Waals surface area contributed by atoms with E-state index in [4.69, 9.17) is 5.11 Å². The fourth-order valence-electron chi connectivity index (χ4n) is 1.62. The first-order valence-electron chi connectivity index (χ1n) is 4.91. The molecule has 0 radical (unpaired) electrons. The molecule has 1 fully saturated rings. The van der Waals surface area contributed by atoms with Crippen LogP contribution in [0.3, 0.4) is 0 Å². The first-order chi connectivity index (χ1) is 6.29. The van der Waals surface area contributed by atoms with Crippen molar-refractivity contribution in [2.75, 3.05) is 19.6 Å². The molecule has 0 saturated carbocycles. The third-order valence-corrected chi connectivity index (χ3v) is 2.32. The summed E-state index contributed by atoms with van der Waals surface area (Å²) in [6, 6.07) is 0. The van der Waals surface area contributed by atoms with E-state index in [1.54, 1.807) is 6.08 Å². The Kier molecular flexibility index (Phi) is 4.54. The fourth-order valence-corrected chi connectivity index (χ4v) is 1.62. The van der Waals surface area contributed by atoms with Crippen LogP contribution in [0.1, 0.15) is 25.7 Å². The molecule has 1 rings (SSSR count). The maximum absolute atomic E-state index is 10.1. The van der Waals surface area contributed by atoms with Crippen molar-refractivity contribution in [3.05, 3.63) is 12.2 Å². The molecule has 0 aromatic heterocycles. The lowest BCUT2D eigenvalue weighted by Crippen LogP contribution is -2.30. The lowest BCUT2D eigenvalue weighted by molar-refractivity contribution is -0.131. The summed E-state index contributed by atoms with van der Waals surface area (Å²) in [5.41, 5.74) is 0. The Balaban J connectivity index is 2.07. The molecule has 0 spiro atoms. The molecule has 1 aliphatic rings. The van der Waals surface area contributed by atoms with Gasteiger partial charge in [-0.05, 0) is 32.4 Å². The van der Waals surface area contributed by atoms with Crippen molar-refractivity contribution in [3.8, 4) is 0 Å². The number of rotatable bonds is 4. The highest BCUT2D eigenvalue weighted by Crippen LogP contribution is 2.08. The smallest absolute Gasteiger partial charge is 0.327 e. The number of carboxylic acids is 1. The highest BCUT2D eigenvalue weighted by molar-refractivity contribution is 5.79. The molecule has 0 aromatic rings. The molecule has 0 unspecified atom stereocenters. The summed E-state index contributed by atoms with van der Waals surface area (Å²) in [5, 5.41) is 8.35. The Morgan fingerprint density at radius 2 is 2.00 bits per heavy atom. The predicted octanol–water partition coefficient (Wildman–Crippen LogP) is 1.50. The van der Waals surface area contributed by atoms with Gasteiger partial charge in [0.05, 0.1) is 0 Å². The normalized spacial score (nSPS) is 19.4. The Morgan fingerprint density at radius 3 is 2.62 bits per heavy atom. The molecule has 0 amide bonds. The summed E-state index contributed by atoms with van der Waals surface area (Å²) < 4.78 is 0. The second kappa shape index (κ2) is 5.75. The van der Waals surface area contributed by atoms with Crippen LogP contribution in [0.4, 0.5) is 0 Å². The molecule has 0 aliphatic carbocycles. The number of carboxylic acid groups (broad SMARTS) is 1. The first kappa shape index (κ1) is 10.3. The Hall–Kier alpha value is -0.830. The molecule has 1 aliphatic heterocycles. The summed E-state index contributed by atoms with van der Waals surface area (Å²) in [6.45, 7) is 3.37. The number of likely N-dealkylation sites (tertiary alicyclic amines) is 1. The summed E-state index contributed by atoms with van der Waals surface area (Å²) in [6.07, 6.45) is 7.75. The van der Waals surface area contributed by atoms with Crippen LogP contribution in [0, 0.1) is 0 Å². The summed E-state index contributed by atoms with van der Waals surface area (Å²) >= 11 is 0. The first-order valence-corrected chi connectivity index (χ1v) is 4.91.